The molecule has 132 valence electrons. The molecule has 0 bridgehead atoms. The van der Waals surface area contributed by atoms with Crippen LogP contribution in [-0.4, -0.2) is 40.1 Å². The summed E-state index contributed by atoms with van der Waals surface area (Å²) in [4.78, 5) is 18.5. The lowest BCUT2D eigenvalue weighted by Gasteiger charge is -2.32. The van der Waals surface area contributed by atoms with Crippen molar-refractivity contribution in [1.29, 1.82) is 0 Å². The molecule has 2 aromatic heterocycles. The van der Waals surface area contributed by atoms with Crippen LogP contribution in [0.2, 0.25) is 0 Å². The summed E-state index contributed by atoms with van der Waals surface area (Å²) in [5.41, 5.74) is 1.23. The zero-order valence-corrected chi connectivity index (χ0v) is 14.2. The van der Waals surface area contributed by atoms with E-state index in [0.717, 1.165) is 24.2 Å². The van der Waals surface area contributed by atoms with Crippen LogP contribution in [0.1, 0.15) is 23.3 Å². The lowest BCUT2D eigenvalue weighted by Crippen LogP contribution is -2.44. The standard InChI is InChI=1S/C20H19N3O3/c24-20(18-13-19(26-22-18)15-5-2-1-3-6-15)23-12-4-7-17(14-23)25-16-8-10-21-11-9-16/h1-3,5-6,8-11,13,17H,4,7,12,14H2. The first-order valence-electron chi connectivity index (χ1n) is 8.68. The van der Waals surface area contributed by atoms with Crippen LogP contribution in [0.4, 0.5) is 0 Å². The van der Waals surface area contributed by atoms with Crippen molar-refractivity contribution in [2.24, 2.45) is 0 Å². The number of carbonyl (C=O) groups is 1. The summed E-state index contributed by atoms with van der Waals surface area (Å²) in [5, 5.41) is 3.96. The van der Waals surface area contributed by atoms with Gasteiger partial charge in [0.15, 0.2) is 11.5 Å². The molecule has 0 saturated carbocycles. The molecular weight excluding hydrogens is 330 g/mol. The Bertz CT molecular complexity index is 864. The minimum atomic E-state index is -0.126. The van der Waals surface area contributed by atoms with Crippen molar-refractivity contribution in [3.8, 4) is 17.1 Å². The second-order valence-electron chi connectivity index (χ2n) is 6.26. The van der Waals surface area contributed by atoms with Gasteiger partial charge in [0.25, 0.3) is 5.91 Å². The van der Waals surface area contributed by atoms with Crippen LogP contribution in [0.3, 0.4) is 0 Å². The number of hydrogen-bond acceptors (Lipinski definition) is 5. The Hall–Kier alpha value is -3.15. The van der Waals surface area contributed by atoms with Crippen molar-refractivity contribution in [3.05, 3.63) is 66.6 Å². The second kappa shape index (κ2) is 7.39. The molecule has 0 aliphatic carbocycles. The number of pyridine rings is 1. The Balaban J connectivity index is 1.44. The van der Waals surface area contributed by atoms with E-state index in [-0.39, 0.29) is 12.0 Å². The molecule has 1 aliphatic rings. The lowest BCUT2D eigenvalue weighted by molar-refractivity contribution is 0.0528. The highest BCUT2D eigenvalue weighted by Gasteiger charge is 2.27. The maximum Gasteiger partial charge on any atom is 0.276 e. The fraction of sp³-hybridized carbons (Fsp3) is 0.250. The number of likely N-dealkylation sites (tertiary alicyclic amines) is 1. The number of hydrogen-bond donors (Lipinski definition) is 0. The third-order valence-corrected chi connectivity index (χ3v) is 4.41. The maximum atomic E-state index is 12.8. The van der Waals surface area contributed by atoms with Gasteiger partial charge in [-0.05, 0) is 25.0 Å². The van der Waals surface area contributed by atoms with Crippen LogP contribution in [0, 0.1) is 0 Å². The molecule has 0 spiro atoms. The van der Waals surface area contributed by atoms with Crippen LogP contribution in [-0.2, 0) is 0 Å². The van der Waals surface area contributed by atoms with Crippen LogP contribution >= 0.6 is 0 Å². The van der Waals surface area contributed by atoms with E-state index in [2.05, 4.69) is 10.1 Å². The Labute approximate surface area is 151 Å². The first kappa shape index (κ1) is 16.3. The summed E-state index contributed by atoms with van der Waals surface area (Å²) in [6, 6.07) is 15.0. The monoisotopic (exact) mass is 349 g/mol. The molecule has 0 N–H and O–H groups in total. The minimum Gasteiger partial charge on any atom is -0.488 e. The highest BCUT2D eigenvalue weighted by molar-refractivity contribution is 5.93. The zero-order chi connectivity index (χ0) is 17.8. The van der Waals surface area contributed by atoms with Gasteiger partial charge in [-0.15, -0.1) is 0 Å². The first-order valence-corrected chi connectivity index (χ1v) is 8.68. The summed E-state index contributed by atoms with van der Waals surface area (Å²) in [6.45, 7) is 1.23. The molecule has 0 radical (unpaired) electrons. The number of carbonyl (C=O) groups excluding carboxylic acids is 1. The van der Waals surface area contributed by atoms with E-state index in [0.29, 0.717) is 24.5 Å². The van der Waals surface area contributed by atoms with Gasteiger partial charge in [0, 0.05) is 30.6 Å². The van der Waals surface area contributed by atoms with Crippen LogP contribution in [0.25, 0.3) is 11.3 Å². The molecule has 1 aromatic carbocycles. The largest absolute Gasteiger partial charge is 0.488 e. The molecule has 1 unspecified atom stereocenters. The van der Waals surface area contributed by atoms with Crippen molar-refractivity contribution >= 4 is 5.91 Å². The van der Waals surface area contributed by atoms with Crippen molar-refractivity contribution in [3.63, 3.8) is 0 Å². The topological polar surface area (TPSA) is 68.5 Å². The minimum absolute atomic E-state index is 0.0319. The zero-order valence-electron chi connectivity index (χ0n) is 14.2. The number of amides is 1. The van der Waals surface area contributed by atoms with E-state index in [1.807, 2.05) is 42.5 Å². The predicted octanol–water partition coefficient (Wildman–Crippen LogP) is 3.42. The van der Waals surface area contributed by atoms with E-state index in [9.17, 15) is 4.79 Å². The van der Waals surface area contributed by atoms with Gasteiger partial charge >= 0.3 is 0 Å². The third-order valence-electron chi connectivity index (χ3n) is 4.41. The van der Waals surface area contributed by atoms with Gasteiger partial charge in [-0.25, -0.2) is 0 Å². The van der Waals surface area contributed by atoms with Crippen molar-refractivity contribution < 1.29 is 14.1 Å². The van der Waals surface area contributed by atoms with Crippen LogP contribution < -0.4 is 4.74 Å². The summed E-state index contributed by atoms with van der Waals surface area (Å²) in [7, 11) is 0. The number of nitrogens with zero attached hydrogens (tertiary/aromatic N) is 3. The smallest absolute Gasteiger partial charge is 0.276 e. The van der Waals surface area contributed by atoms with Crippen molar-refractivity contribution in [1.82, 2.24) is 15.0 Å². The van der Waals surface area contributed by atoms with E-state index in [1.54, 1.807) is 23.4 Å². The molecule has 3 aromatic rings. The predicted molar refractivity (Wildman–Crippen MR) is 95.7 cm³/mol. The summed E-state index contributed by atoms with van der Waals surface area (Å²) in [5.74, 6) is 1.24. The molecule has 1 saturated heterocycles. The number of benzene rings is 1. The Morgan fingerprint density at radius 1 is 1.15 bits per heavy atom. The summed E-state index contributed by atoms with van der Waals surface area (Å²) < 4.78 is 11.3. The van der Waals surface area contributed by atoms with Crippen molar-refractivity contribution in [2.45, 2.75) is 18.9 Å². The van der Waals surface area contributed by atoms with E-state index < -0.39 is 0 Å². The lowest BCUT2D eigenvalue weighted by atomic mass is 10.1. The molecule has 1 aliphatic heterocycles. The van der Waals surface area contributed by atoms with Gasteiger partial charge in [-0.1, -0.05) is 35.5 Å². The first-order chi connectivity index (χ1) is 12.8. The Morgan fingerprint density at radius 3 is 2.77 bits per heavy atom. The molecule has 1 atom stereocenters. The number of piperidine rings is 1. The van der Waals surface area contributed by atoms with Gasteiger partial charge in [0.05, 0.1) is 6.54 Å². The van der Waals surface area contributed by atoms with Crippen molar-refractivity contribution in [2.75, 3.05) is 13.1 Å². The highest BCUT2D eigenvalue weighted by Crippen LogP contribution is 2.22. The van der Waals surface area contributed by atoms with Gasteiger partial charge in [-0.2, -0.15) is 0 Å². The number of ether oxygens (including phenoxy) is 1. The average molecular weight is 349 g/mol. The van der Waals surface area contributed by atoms with Crippen LogP contribution in [0.15, 0.2) is 65.4 Å². The van der Waals surface area contributed by atoms with Gasteiger partial charge in [-0.3, -0.25) is 9.78 Å². The normalized spacial score (nSPS) is 17.1. The number of rotatable bonds is 4. The molecule has 1 amide bonds. The molecule has 1 fully saturated rings. The fourth-order valence-corrected chi connectivity index (χ4v) is 3.10. The highest BCUT2D eigenvalue weighted by atomic mass is 16.5. The molecule has 26 heavy (non-hydrogen) atoms. The molecular formula is C20H19N3O3. The van der Waals surface area contributed by atoms with Crippen LogP contribution in [0.5, 0.6) is 5.75 Å². The van der Waals surface area contributed by atoms with E-state index >= 15 is 0 Å². The van der Waals surface area contributed by atoms with E-state index in [4.69, 9.17) is 9.26 Å². The molecule has 4 rings (SSSR count). The molecule has 6 nitrogen and oxygen atoms in total. The quantitative estimate of drug-likeness (QED) is 0.722. The third kappa shape index (κ3) is 3.59. The molecule has 6 heteroatoms. The Kier molecular flexibility index (Phi) is 4.64. The SMILES string of the molecule is O=C(c1cc(-c2ccccc2)on1)N1CCCC(Oc2ccncc2)C1. The fourth-order valence-electron chi connectivity index (χ4n) is 3.10. The van der Waals surface area contributed by atoms with Gasteiger partial charge in [0.1, 0.15) is 11.9 Å². The number of aromatic nitrogens is 2. The van der Waals surface area contributed by atoms with Gasteiger partial charge < -0.3 is 14.2 Å². The van der Waals surface area contributed by atoms with Gasteiger partial charge in [0.2, 0.25) is 0 Å². The average Bonchev–Trinajstić information content (AvgIpc) is 3.19. The summed E-state index contributed by atoms with van der Waals surface area (Å²) in [6.07, 6.45) is 5.17. The molecule has 3 heterocycles. The van der Waals surface area contributed by atoms with E-state index in [1.165, 1.54) is 0 Å². The summed E-state index contributed by atoms with van der Waals surface area (Å²) >= 11 is 0. The maximum absolute atomic E-state index is 12.8. The second-order valence-corrected chi connectivity index (χ2v) is 6.26. The Morgan fingerprint density at radius 2 is 1.96 bits per heavy atom.